The number of rotatable bonds is 35. The van der Waals surface area contributed by atoms with Crippen LogP contribution in [0.4, 0.5) is 0 Å². The van der Waals surface area contributed by atoms with Gasteiger partial charge in [0.05, 0.1) is 19.8 Å². The highest BCUT2D eigenvalue weighted by molar-refractivity contribution is 7.80. The van der Waals surface area contributed by atoms with Crippen LogP contribution in [-0.2, 0) is 38.3 Å². The van der Waals surface area contributed by atoms with E-state index in [2.05, 4.69) is 18.0 Å². The minimum Gasteiger partial charge on any atom is -0.457 e. The molecular formula is C38H74O12S. The first-order valence-corrected chi connectivity index (χ1v) is 21.7. The highest BCUT2D eigenvalue weighted by Crippen LogP contribution is 2.26. The predicted molar refractivity (Wildman–Crippen MR) is 198 cm³/mol. The first-order chi connectivity index (χ1) is 24.6. The van der Waals surface area contributed by atoms with Crippen LogP contribution in [0.15, 0.2) is 0 Å². The van der Waals surface area contributed by atoms with Gasteiger partial charge in [-0.25, -0.2) is 4.18 Å². The number of ether oxygens (including phenoxy) is 4. The molecule has 304 valence electrons. The topological polar surface area (TPSA) is 178 Å². The molecule has 0 aromatic heterocycles. The normalized spacial score (nSPS) is 21.6. The predicted octanol–water partition coefficient (Wildman–Crippen LogP) is 7.35. The SMILES string of the molecule is CCCCCCCCCCCCCCCCCCCOCC(COC1OC(CO)C(O)C(OS(=O)(=O)O)C1O)OC(=O)CCCCCCCCC. The molecule has 0 spiro atoms. The van der Waals surface area contributed by atoms with Crippen molar-refractivity contribution in [2.24, 2.45) is 0 Å². The van der Waals surface area contributed by atoms with E-state index in [1.807, 2.05) is 0 Å². The molecule has 51 heavy (non-hydrogen) atoms. The average molecular weight is 755 g/mol. The third kappa shape index (κ3) is 25.7. The molecule has 1 aliphatic rings. The monoisotopic (exact) mass is 754 g/mol. The zero-order chi connectivity index (χ0) is 37.6. The number of carbonyl (C=O) groups excluding carboxylic acids is 1. The van der Waals surface area contributed by atoms with Crippen LogP contribution in [0.2, 0.25) is 0 Å². The van der Waals surface area contributed by atoms with Crippen LogP contribution < -0.4 is 0 Å². The van der Waals surface area contributed by atoms with Gasteiger partial charge in [-0.2, -0.15) is 8.42 Å². The standard InChI is InChI=1S/C38H74O12S/c1-3-5-7-9-11-12-13-14-15-16-17-18-19-20-22-24-26-28-46-30-32(48-34(40)27-25-23-21-10-8-6-4-2)31-47-38-36(42)37(50-51(43,44)45)35(41)33(29-39)49-38/h32-33,35-39,41-42H,3-31H2,1-2H3,(H,43,44,45). The molecule has 1 heterocycles. The van der Waals surface area contributed by atoms with Crippen LogP contribution in [0.3, 0.4) is 0 Å². The van der Waals surface area contributed by atoms with E-state index in [-0.39, 0.29) is 19.6 Å². The summed E-state index contributed by atoms with van der Waals surface area (Å²) in [5.41, 5.74) is 0. The minimum absolute atomic E-state index is 0.0431. The fourth-order valence-corrected chi connectivity index (χ4v) is 6.89. The lowest BCUT2D eigenvalue weighted by Gasteiger charge is -2.41. The van der Waals surface area contributed by atoms with Gasteiger partial charge >= 0.3 is 16.4 Å². The molecule has 0 amide bonds. The molecule has 1 fully saturated rings. The number of carbonyl (C=O) groups is 1. The van der Waals surface area contributed by atoms with E-state index in [9.17, 15) is 28.5 Å². The average Bonchev–Trinajstić information content (AvgIpc) is 3.09. The molecule has 0 saturated carbocycles. The second kappa shape index (κ2) is 31.5. The highest BCUT2D eigenvalue weighted by Gasteiger charge is 2.48. The number of aliphatic hydroxyl groups excluding tert-OH is 3. The molecule has 12 nitrogen and oxygen atoms in total. The lowest BCUT2D eigenvalue weighted by Crippen LogP contribution is -2.60. The summed E-state index contributed by atoms with van der Waals surface area (Å²) in [6.07, 6.45) is 20.3. The summed E-state index contributed by atoms with van der Waals surface area (Å²) in [5.74, 6) is -0.403. The highest BCUT2D eigenvalue weighted by atomic mass is 32.3. The summed E-state index contributed by atoms with van der Waals surface area (Å²) >= 11 is 0. The summed E-state index contributed by atoms with van der Waals surface area (Å²) in [6.45, 7) is 3.95. The lowest BCUT2D eigenvalue weighted by atomic mass is 9.99. The second-order valence-corrected chi connectivity index (χ2v) is 15.3. The van der Waals surface area contributed by atoms with Gasteiger partial charge in [0.1, 0.15) is 30.5 Å². The van der Waals surface area contributed by atoms with Gasteiger partial charge in [-0.15, -0.1) is 0 Å². The maximum absolute atomic E-state index is 12.7. The van der Waals surface area contributed by atoms with E-state index in [0.29, 0.717) is 13.0 Å². The van der Waals surface area contributed by atoms with Crippen LogP contribution in [0.25, 0.3) is 0 Å². The van der Waals surface area contributed by atoms with E-state index >= 15 is 0 Å². The Morgan fingerprint density at radius 2 is 1.12 bits per heavy atom. The largest absolute Gasteiger partial charge is 0.457 e. The van der Waals surface area contributed by atoms with Crippen molar-refractivity contribution in [1.29, 1.82) is 0 Å². The molecule has 6 unspecified atom stereocenters. The molecule has 0 radical (unpaired) electrons. The van der Waals surface area contributed by atoms with Crippen molar-refractivity contribution in [3.8, 4) is 0 Å². The molecule has 0 aliphatic carbocycles. The Morgan fingerprint density at radius 1 is 0.667 bits per heavy atom. The molecule has 1 aliphatic heterocycles. The number of hydrogen-bond donors (Lipinski definition) is 4. The molecular weight excluding hydrogens is 680 g/mol. The number of unbranched alkanes of at least 4 members (excludes halogenated alkanes) is 22. The van der Waals surface area contributed by atoms with E-state index < -0.39 is 59.8 Å². The van der Waals surface area contributed by atoms with E-state index in [4.69, 9.17) is 23.5 Å². The maximum atomic E-state index is 12.7. The van der Waals surface area contributed by atoms with Crippen molar-refractivity contribution in [2.45, 2.75) is 211 Å². The third-order valence-corrected chi connectivity index (χ3v) is 9.94. The number of esters is 1. The molecule has 0 aromatic rings. The van der Waals surface area contributed by atoms with Crippen LogP contribution >= 0.6 is 0 Å². The molecule has 0 bridgehead atoms. The Hall–Kier alpha value is -0.900. The van der Waals surface area contributed by atoms with Crippen molar-refractivity contribution in [2.75, 3.05) is 26.4 Å². The van der Waals surface area contributed by atoms with Crippen LogP contribution in [-0.4, -0.2) is 97.5 Å². The fraction of sp³-hybridized carbons (Fsp3) is 0.974. The van der Waals surface area contributed by atoms with Crippen molar-refractivity contribution in [3.63, 3.8) is 0 Å². The summed E-state index contributed by atoms with van der Waals surface area (Å²) < 4.78 is 58.7. The Labute approximate surface area is 309 Å². The Bertz CT molecular complexity index is 921. The zero-order valence-electron chi connectivity index (χ0n) is 31.9. The third-order valence-electron chi connectivity index (χ3n) is 9.48. The fourth-order valence-electron chi connectivity index (χ4n) is 6.38. The van der Waals surface area contributed by atoms with Crippen LogP contribution in [0, 0.1) is 0 Å². The van der Waals surface area contributed by atoms with E-state index in [0.717, 1.165) is 38.5 Å². The summed E-state index contributed by atoms with van der Waals surface area (Å²) in [5, 5.41) is 30.5. The maximum Gasteiger partial charge on any atom is 0.397 e. The smallest absolute Gasteiger partial charge is 0.397 e. The first-order valence-electron chi connectivity index (χ1n) is 20.3. The van der Waals surface area contributed by atoms with Gasteiger partial charge in [0.25, 0.3) is 0 Å². The van der Waals surface area contributed by atoms with Crippen LogP contribution in [0.5, 0.6) is 0 Å². The Morgan fingerprint density at radius 3 is 1.57 bits per heavy atom. The van der Waals surface area contributed by atoms with E-state index in [1.165, 1.54) is 109 Å². The molecule has 1 saturated heterocycles. The van der Waals surface area contributed by atoms with Crippen molar-refractivity contribution in [3.05, 3.63) is 0 Å². The van der Waals surface area contributed by atoms with Crippen molar-refractivity contribution < 1.29 is 56.2 Å². The molecule has 1 rings (SSSR count). The molecule has 0 aromatic carbocycles. The summed E-state index contributed by atoms with van der Waals surface area (Å²) in [7, 11) is -5.05. The van der Waals surface area contributed by atoms with Crippen molar-refractivity contribution >= 4 is 16.4 Å². The second-order valence-electron chi connectivity index (χ2n) is 14.2. The van der Waals surface area contributed by atoms with Gasteiger partial charge < -0.3 is 34.3 Å². The van der Waals surface area contributed by atoms with Gasteiger partial charge in [0, 0.05) is 13.0 Å². The summed E-state index contributed by atoms with van der Waals surface area (Å²) in [6, 6.07) is 0. The van der Waals surface area contributed by atoms with Crippen molar-refractivity contribution in [1.82, 2.24) is 0 Å². The molecule has 13 heteroatoms. The van der Waals surface area contributed by atoms with Gasteiger partial charge in [-0.3, -0.25) is 9.35 Å². The minimum atomic E-state index is -5.05. The first kappa shape index (κ1) is 48.1. The lowest BCUT2D eigenvalue weighted by molar-refractivity contribution is -0.301. The van der Waals surface area contributed by atoms with Gasteiger partial charge in [0.2, 0.25) is 0 Å². The number of hydrogen-bond acceptors (Lipinski definition) is 11. The molecule has 6 atom stereocenters. The zero-order valence-corrected chi connectivity index (χ0v) is 32.7. The Balaban J connectivity index is 2.39. The molecule has 4 N–H and O–H groups in total. The van der Waals surface area contributed by atoms with E-state index in [1.54, 1.807) is 0 Å². The summed E-state index contributed by atoms with van der Waals surface area (Å²) in [4.78, 5) is 12.7. The quantitative estimate of drug-likeness (QED) is 0.0288. The van der Waals surface area contributed by atoms with Crippen LogP contribution in [0.1, 0.15) is 174 Å². The van der Waals surface area contributed by atoms with Gasteiger partial charge in [-0.05, 0) is 12.8 Å². The van der Waals surface area contributed by atoms with Gasteiger partial charge in [-0.1, -0.05) is 155 Å². The van der Waals surface area contributed by atoms with Gasteiger partial charge in [0.15, 0.2) is 6.29 Å². The Kier molecular flexibility index (Phi) is 29.7. The number of aliphatic hydroxyl groups is 3.